The number of esters is 1. The molecule has 1 saturated heterocycles. The van der Waals surface area contributed by atoms with Gasteiger partial charge in [-0.3, -0.25) is 14.5 Å². The zero-order valence-electron chi connectivity index (χ0n) is 15.4. The number of carbonyl (C=O) groups excluding carboxylic acids is 3. The summed E-state index contributed by atoms with van der Waals surface area (Å²) in [5.41, 5.74) is 0.447. The minimum absolute atomic E-state index is 0.000138. The first-order valence-electron chi connectivity index (χ1n) is 8.67. The number of amides is 3. The van der Waals surface area contributed by atoms with Crippen LogP contribution in [0.4, 0.5) is 4.79 Å². The lowest BCUT2D eigenvalue weighted by atomic mass is 10.1. The Labute approximate surface area is 170 Å². The van der Waals surface area contributed by atoms with Crippen LogP contribution in [0, 0.1) is 0 Å². The lowest BCUT2D eigenvalue weighted by Crippen LogP contribution is -2.37. The molecule has 29 heavy (non-hydrogen) atoms. The Morgan fingerprint density at radius 3 is 2.69 bits per heavy atom. The fraction of sp³-hybridized carbons (Fsp3) is 0.263. The minimum Gasteiger partial charge on any atom is -0.478 e. The summed E-state index contributed by atoms with van der Waals surface area (Å²) in [6.45, 7) is 1.15. The summed E-state index contributed by atoms with van der Waals surface area (Å²) in [7, 11) is 0. The van der Waals surface area contributed by atoms with E-state index in [1.54, 1.807) is 19.1 Å². The monoisotopic (exact) mass is 420 g/mol. The number of ether oxygens (including phenoxy) is 1. The normalized spacial score (nSPS) is 13.9. The summed E-state index contributed by atoms with van der Waals surface area (Å²) in [5.74, 6) is -1.57. The van der Waals surface area contributed by atoms with E-state index in [1.165, 1.54) is 23.1 Å². The van der Waals surface area contributed by atoms with Crippen LogP contribution in [-0.4, -0.2) is 58.5 Å². The van der Waals surface area contributed by atoms with E-state index >= 15 is 0 Å². The highest BCUT2D eigenvalue weighted by atomic mass is 35.5. The van der Waals surface area contributed by atoms with Crippen molar-refractivity contribution in [3.63, 3.8) is 0 Å². The van der Waals surface area contributed by atoms with Crippen LogP contribution in [0.5, 0.6) is 0 Å². The number of hydrogen-bond acceptors (Lipinski definition) is 6. The topological polar surface area (TPSA) is 117 Å². The van der Waals surface area contributed by atoms with Crippen molar-refractivity contribution in [2.24, 2.45) is 0 Å². The molecule has 1 aliphatic heterocycles. The van der Waals surface area contributed by atoms with Gasteiger partial charge in [0, 0.05) is 5.56 Å². The number of carboxylic acid groups (broad SMARTS) is 1. The van der Waals surface area contributed by atoms with Crippen LogP contribution in [0.15, 0.2) is 34.7 Å². The number of aromatic carboxylic acids is 1. The van der Waals surface area contributed by atoms with Gasteiger partial charge < -0.3 is 19.2 Å². The number of benzene rings is 1. The second-order valence-electron chi connectivity index (χ2n) is 6.19. The molecule has 1 aromatic heterocycles. The Balaban J connectivity index is 1.73. The molecule has 0 unspecified atom stereocenters. The third-order valence-electron chi connectivity index (χ3n) is 4.21. The molecule has 0 aliphatic carbocycles. The van der Waals surface area contributed by atoms with Crippen LogP contribution in [0.25, 0.3) is 11.3 Å². The Morgan fingerprint density at radius 2 is 2.00 bits per heavy atom. The zero-order chi connectivity index (χ0) is 21.1. The largest absolute Gasteiger partial charge is 0.478 e. The summed E-state index contributed by atoms with van der Waals surface area (Å²) >= 11 is 6.14. The first kappa shape index (κ1) is 20.4. The smallest absolute Gasteiger partial charge is 0.335 e. The van der Waals surface area contributed by atoms with Crippen LogP contribution >= 0.6 is 11.6 Å². The Kier molecular flexibility index (Phi) is 5.88. The van der Waals surface area contributed by atoms with Crippen LogP contribution in [0.3, 0.4) is 0 Å². The number of carboxylic acids is 1. The molecule has 0 spiro atoms. The summed E-state index contributed by atoms with van der Waals surface area (Å²) in [4.78, 5) is 49.2. The predicted octanol–water partition coefficient (Wildman–Crippen LogP) is 2.63. The van der Waals surface area contributed by atoms with Crippen molar-refractivity contribution in [3.05, 3.63) is 46.7 Å². The molecular weight excluding hydrogens is 404 g/mol. The van der Waals surface area contributed by atoms with Gasteiger partial charge in [-0.2, -0.15) is 0 Å². The number of imide groups is 1. The van der Waals surface area contributed by atoms with Crippen molar-refractivity contribution in [2.45, 2.75) is 13.5 Å². The maximum atomic E-state index is 12.4. The molecule has 0 saturated carbocycles. The summed E-state index contributed by atoms with van der Waals surface area (Å²) in [5, 5.41) is 9.44. The molecule has 10 heteroatoms. The van der Waals surface area contributed by atoms with Gasteiger partial charge in [-0.25, -0.2) is 9.59 Å². The number of nitrogens with zero attached hydrogens (tertiary/aromatic N) is 2. The fourth-order valence-electron chi connectivity index (χ4n) is 2.85. The molecular formula is C19H17ClN2O7. The predicted molar refractivity (Wildman–Crippen MR) is 100 cm³/mol. The molecule has 2 aromatic rings. The van der Waals surface area contributed by atoms with Gasteiger partial charge in [0.15, 0.2) is 0 Å². The maximum absolute atomic E-state index is 12.4. The first-order valence-corrected chi connectivity index (χ1v) is 9.04. The molecule has 1 aliphatic rings. The third-order valence-corrected chi connectivity index (χ3v) is 4.54. The van der Waals surface area contributed by atoms with E-state index in [0.717, 1.165) is 4.90 Å². The van der Waals surface area contributed by atoms with Gasteiger partial charge in [0.2, 0.25) is 0 Å². The molecule has 3 amide bonds. The fourth-order valence-corrected chi connectivity index (χ4v) is 3.06. The number of halogens is 1. The lowest BCUT2D eigenvalue weighted by Gasteiger charge is -2.15. The van der Waals surface area contributed by atoms with E-state index in [9.17, 15) is 19.2 Å². The average molecular weight is 421 g/mol. The van der Waals surface area contributed by atoms with Gasteiger partial charge >= 0.3 is 18.0 Å². The maximum Gasteiger partial charge on any atom is 0.335 e. The van der Waals surface area contributed by atoms with E-state index in [-0.39, 0.29) is 25.3 Å². The third kappa shape index (κ3) is 4.40. The molecule has 9 nitrogen and oxygen atoms in total. The van der Waals surface area contributed by atoms with Gasteiger partial charge in [-0.15, -0.1) is 0 Å². The standard InChI is InChI=1S/C19H17ClN2O7/c1-2-28-17(24)10-22-16(23)9-21(19(22)27)8-12-4-6-15(29-12)13-7-11(18(25)26)3-5-14(13)20/h3-7H,2,8-10H2,1H3,(H,25,26). The number of carbonyl (C=O) groups is 4. The van der Waals surface area contributed by atoms with E-state index in [0.29, 0.717) is 22.1 Å². The van der Waals surface area contributed by atoms with E-state index < -0.39 is 30.4 Å². The molecule has 3 rings (SSSR count). The van der Waals surface area contributed by atoms with E-state index in [2.05, 4.69) is 0 Å². The molecule has 0 bridgehead atoms. The van der Waals surface area contributed by atoms with Crippen LogP contribution < -0.4 is 0 Å². The van der Waals surface area contributed by atoms with Gasteiger partial charge in [-0.05, 0) is 37.3 Å². The van der Waals surface area contributed by atoms with Gasteiger partial charge in [0.05, 0.1) is 23.7 Å². The van der Waals surface area contributed by atoms with Crippen molar-refractivity contribution in [1.29, 1.82) is 0 Å². The Morgan fingerprint density at radius 1 is 1.24 bits per heavy atom. The van der Waals surface area contributed by atoms with Gasteiger partial charge in [-0.1, -0.05) is 11.6 Å². The Hall–Kier alpha value is -3.33. The second-order valence-corrected chi connectivity index (χ2v) is 6.60. The quantitative estimate of drug-likeness (QED) is 0.540. The highest BCUT2D eigenvalue weighted by molar-refractivity contribution is 6.33. The number of urea groups is 1. The minimum atomic E-state index is -1.10. The van der Waals surface area contributed by atoms with Crippen molar-refractivity contribution in [2.75, 3.05) is 19.7 Å². The SMILES string of the molecule is CCOC(=O)CN1C(=O)CN(Cc2ccc(-c3cc(C(=O)O)ccc3Cl)o2)C1=O. The number of rotatable bonds is 7. The highest BCUT2D eigenvalue weighted by Crippen LogP contribution is 2.31. The zero-order valence-corrected chi connectivity index (χ0v) is 16.1. The van der Waals surface area contributed by atoms with Crippen LogP contribution in [0.2, 0.25) is 5.02 Å². The van der Waals surface area contributed by atoms with Crippen molar-refractivity contribution in [1.82, 2.24) is 9.80 Å². The summed E-state index contributed by atoms with van der Waals surface area (Å²) < 4.78 is 10.5. The van der Waals surface area contributed by atoms with Crippen molar-refractivity contribution in [3.8, 4) is 11.3 Å². The molecule has 1 fully saturated rings. The average Bonchev–Trinajstić information content (AvgIpc) is 3.22. The molecule has 152 valence electrons. The van der Waals surface area contributed by atoms with E-state index in [4.69, 9.17) is 25.9 Å². The van der Waals surface area contributed by atoms with Crippen molar-refractivity contribution < 1.29 is 33.4 Å². The van der Waals surface area contributed by atoms with Crippen LogP contribution in [-0.2, 0) is 20.9 Å². The molecule has 0 atom stereocenters. The molecule has 1 N–H and O–H groups in total. The van der Waals surface area contributed by atoms with E-state index in [1.807, 2.05) is 0 Å². The molecule has 0 radical (unpaired) electrons. The second kappa shape index (κ2) is 8.36. The number of furan rings is 1. The molecule has 2 heterocycles. The van der Waals surface area contributed by atoms with Crippen molar-refractivity contribution >= 4 is 35.5 Å². The summed E-state index contributed by atoms with van der Waals surface area (Å²) in [6, 6.07) is 6.81. The number of hydrogen-bond donors (Lipinski definition) is 1. The highest BCUT2D eigenvalue weighted by Gasteiger charge is 2.37. The molecule has 1 aromatic carbocycles. The van der Waals surface area contributed by atoms with Gasteiger partial charge in [0.25, 0.3) is 5.91 Å². The van der Waals surface area contributed by atoms with Crippen LogP contribution in [0.1, 0.15) is 23.0 Å². The van der Waals surface area contributed by atoms with Gasteiger partial charge in [0.1, 0.15) is 24.6 Å². The lowest BCUT2D eigenvalue weighted by molar-refractivity contribution is -0.146. The first-order chi connectivity index (χ1) is 13.8. The Bertz CT molecular complexity index is 985. The summed E-state index contributed by atoms with van der Waals surface area (Å²) in [6.07, 6.45) is 0.